The topological polar surface area (TPSA) is 44.7 Å². The van der Waals surface area contributed by atoms with Gasteiger partial charge in [0.05, 0.1) is 0 Å². The Kier molecular flexibility index (Phi) is 7.53. The number of ether oxygens (including phenoxy) is 1. The molecule has 4 nitrogen and oxygen atoms in total. The lowest BCUT2D eigenvalue weighted by atomic mass is 10.0. The third kappa shape index (κ3) is 5.80. The van der Waals surface area contributed by atoms with Crippen LogP contribution in [-0.2, 0) is 0 Å². The van der Waals surface area contributed by atoms with E-state index in [0.29, 0.717) is 12.0 Å². The van der Waals surface area contributed by atoms with Gasteiger partial charge in [-0.05, 0) is 24.1 Å². The molecule has 1 atom stereocenters. The Morgan fingerprint density at radius 1 is 1.26 bits per heavy atom. The van der Waals surface area contributed by atoms with Crippen molar-refractivity contribution in [2.45, 2.75) is 18.8 Å². The highest BCUT2D eigenvalue weighted by molar-refractivity contribution is 5.85. The van der Waals surface area contributed by atoms with Crippen molar-refractivity contribution in [3.05, 3.63) is 29.6 Å². The molecule has 1 aromatic rings. The van der Waals surface area contributed by atoms with E-state index in [2.05, 4.69) is 15.0 Å². The fourth-order valence-corrected chi connectivity index (χ4v) is 2.61. The maximum Gasteiger partial charge on any atom is 0.573 e. The predicted molar refractivity (Wildman–Crippen MR) is 79.2 cm³/mol. The van der Waals surface area contributed by atoms with Gasteiger partial charge in [0.25, 0.3) is 0 Å². The lowest BCUT2D eigenvalue weighted by molar-refractivity contribution is -0.275. The summed E-state index contributed by atoms with van der Waals surface area (Å²) in [5, 5.41) is 12.4. The standard InChI is InChI=1S/C14H18F4N2O2.ClH/c15-11-9-10(1-2-13(11)22-14(16,17)18)12(3-8-21)20-6-4-19-5-7-20;/h1-2,9,12,19,21H,3-8H2;1H/t12-;/m0./s1. The Hall–Kier alpha value is -1.09. The van der Waals surface area contributed by atoms with Gasteiger partial charge in [-0.2, -0.15) is 0 Å². The molecular weight excluding hydrogens is 340 g/mol. The van der Waals surface area contributed by atoms with Crippen molar-refractivity contribution >= 4 is 12.4 Å². The molecule has 0 saturated carbocycles. The van der Waals surface area contributed by atoms with Gasteiger partial charge in [-0.3, -0.25) is 4.90 Å². The Labute approximate surface area is 137 Å². The average Bonchev–Trinajstić information content (AvgIpc) is 2.47. The first kappa shape index (κ1) is 20.0. The van der Waals surface area contributed by atoms with Gasteiger partial charge in [0.2, 0.25) is 0 Å². The molecule has 0 radical (unpaired) electrons. The van der Waals surface area contributed by atoms with Gasteiger partial charge in [0, 0.05) is 38.8 Å². The molecule has 132 valence electrons. The molecule has 0 bridgehead atoms. The number of nitrogens with one attached hydrogen (secondary N) is 1. The second-order valence-corrected chi connectivity index (χ2v) is 5.05. The monoisotopic (exact) mass is 358 g/mol. The molecule has 2 N–H and O–H groups in total. The molecule has 1 aromatic carbocycles. The van der Waals surface area contributed by atoms with Crippen molar-refractivity contribution in [1.29, 1.82) is 0 Å². The van der Waals surface area contributed by atoms with E-state index in [1.165, 1.54) is 6.07 Å². The van der Waals surface area contributed by atoms with Crippen LogP contribution >= 0.6 is 12.4 Å². The smallest absolute Gasteiger partial charge is 0.403 e. The lowest BCUT2D eigenvalue weighted by Crippen LogP contribution is -2.45. The normalized spacial score (nSPS) is 17.4. The molecule has 1 heterocycles. The molecule has 0 unspecified atom stereocenters. The second-order valence-electron chi connectivity index (χ2n) is 5.05. The number of benzene rings is 1. The number of aliphatic hydroxyl groups is 1. The minimum atomic E-state index is -4.93. The minimum absolute atomic E-state index is 0. The van der Waals surface area contributed by atoms with Crippen LogP contribution in [0.25, 0.3) is 0 Å². The van der Waals surface area contributed by atoms with E-state index in [1.807, 2.05) is 0 Å². The molecular formula is C14H19ClF4N2O2. The maximum absolute atomic E-state index is 13.8. The highest BCUT2D eigenvalue weighted by Gasteiger charge is 2.32. The Morgan fingerprint density at radius 2 is 1.91 bits per heavy atom. The minimum Gasteiger partial charge on any atom is -0.403 e. The molecule has 0 amide bonds. The Morgan fingerprint density at radius 3 is 2.43 bits per heavy atom. The highest BCUT2D eigenvalue weighted by Crippen LogP contribution is 2.30. The van der Waals surface area contributed by atoms with E-state index in [9.17, 15) is 22.7 Å². The van der Waals surface area contributed by atoms with E-state index in [4.69, 9.17) is 0 Å². The molecule has 9 heteroatoms. The zero-order chi connectivity index (χ0) is 16.2. The molecule has 0 spiro atoms. The summed E-state index contributed by atoms with van der Waals surface area (Å²) in [5.41, 5.74) is 0.531. The van der Waals surface area contributed by atoms with Crippen LogP contribution in [0.4, 0.5) is 17.6 Å². The van der Waals surface area contributed by atoms with Crippen molar-refractivity contribution in [2.75, 3.05) is 32.8 Å². The van der Waals surface area contributed by atoms with Crippen molar-refractivity contribution < 1.29 is 27.4 Å². The molecule has 1 aliphatic rings. The number of nitrogens with zero attached hydrogens (tertiary/aromatic N) is 1. The van der Waals surface area contributed by atoms with E-state index in [1.54, 1.807) is 0 Å². The summed E-state index contributed by atoms with van der Waals surface area (Å²) < 4.78 is 53.9. The van der Waals surface area contributed by atoms with Gasteiger partial charge in [0.1, 0.15) is 0 Å². The first-order valence-corrected chi connectivity index (χ1v) is 7.01. The fourth-order valence-electron chi connectivity index (χ4n) is 2.61. The molecule has 1 aliphatic heterocycles. The number of alkyl halides is 3. The van der Waals surface area contributed by atoms with Crippen LogP contribution in [0.15, 0.2) is 18.2 Å². The fraction of sp³-hybridized carbons (Fsp3) is 0.571. The molecule has 0 aliphatic carbocycles. The highest BCUT2D eigenvalue weighted by atomic mass is 35.5. The number of halogens is 5. The van der Waals surface area contributed by atoms with Crippen molar-refractivity contribution in [1.82, 2.24) is 10.2 Å². The van der Waals surface area contributed by atoms with Crippen LogP contribution in [0, 0.1) is 5.82 Å². The van der Waals surface area contributed by atoms with Gasteiger partial charge in [-0.25, -0.2) is 4.39 Å². The molecule has 0 aromatic heterocycles. The van der Waals surface area contributed by atoms with Gasteiger partial charge in [-0.15, -0.1) is 25.6 Å². The SMILES string of the molecule is Cl.OCC[C@@H](c1ccc(OC(F)(F)F)c(F)c1)N1CCNCC1. The summed E-state index contributed by atoms with van der Waals surface area (Å²) in [5.74, 6) is -1.91. The van der Waals surface area contributed by atoms with Gasteiger partial charge >= 0.3 is 6.36 Å². The summed E-state index contributed by atoms with van der Waals surface area (Å²) >= 11 is 0. The number of piperazine rings is 1. The molecule has 23 heavy (non-hydrogen) atoms. The first-order valence-electron chi connectivity index (χ1n) is 7.01. The third-order valence-electron chi connectivity index (χ3n) is 3.56. The van der Waals surface area contributed by atoms with Crippen LogP contribution in [0.1, 0.15) is 18.0 Å². The summed E-state index contributed by atoms with van der Waals surface area (Å²) in [7, 11) is 0. The predicted octanol–water partition coefficient (Wildman–Crippen LogP) is 2.47. The van der Waals surface area contributed by atoms with E-state index >= 15 is 0 Å². The van der Waals surface area contributed by atoms with E-state index in [0.717, 1.165) is 38.3 Å². The summed E-state index contributed by atoms with van der Waals surface area (Å²) in [4.78, 5) is 2.08. The lowest BCUT2D eigenvalue weighted by Gasteiger charge is -2.35. The summed E-state index contributed by atoms with van der Waals surface area (Å²) in [6.45, 7) is 2.93. The van der Waals surface area contributed by atoms with Crippen LogP contribution in [-0.4, -0.2) is 49.2 Å². The van der Waals surface area contributed by atoms with Crippen LogP contribution < -0.4 is 10.1 Å². The van der Waals surface area contributed by atoms with Crippen LogP contribution in [0.2, 0.25) is 0 Å². The Bertz CT molecular complexity index is 496. The van der Waals surface area contributed by atoms with Gasteiger partial charge < -0.3 is 15.2 Å². The number of aliphatic hydroxyl groups excluding tert-OH is 1. The van der Waals surface area contributed by atoms with Gasteiger partial charge in [-0.1, -0.05) is 6.07 Å². The number of hydrogen-bond donors (Lipinski definition) is 2. The first-order chi connectivity index (χ1) is 10.4. The average molecular weight is 359 g/mol. The molecule has 2 rings (SSSR count). The summed E-state index contributed by atoms with van der Waals surface area (Å²) in [6, 6.07) is 3.20. The van der Waals surface area contributed by atoms with Crippen molar-refractivity contribution in [3.8, 4) is 5.75 Å². The number of hydrogen-bond acceptors (Lipinski definition) is 4. The molecule has 1 fully saturated rings. The zero-order valence-corrected chi connectivity index (χ0v) is 13.1. The Balaban J connectivity index is 0.00000264. The largest absolute Gasteiger partial charge is 0.573 e. The summed E-state index contributed by atoms with van der Waals surface area (Å²) in [6.07, 6.45) is -4.54. The van der Waals surface area contributed by atoms with Crippen molar-refractivity contribution in [2.24, 2.45) is 0 Å². The maximum atomic E-state index is 13.8. The quantitative estimate of drug-likeness (QED) is 0.794. The van der Waals surface area contributed by atoms with Crippen LogP contribution in [0.5, 0.6) is 5.75 Å². The second kappa shape index (κ2) is 8.68. The number of rotatable bonds is 5. The zero-order valence-electron chi connectivity index (χ0n) is 12.3. The van der Waals surface area contributed by atoms with E-state index < -0.39 is 17.9 Å². The van der Waals surface area contributed by atoms with Crippen LogP contribution in [0.3, 0.4) is 0 Å². The molecule has 1 saturated heterocycles. The van der Waals surface area contributed by atoms with E-state index in [-0.39, 0.29) is 25.1 Å². The third-order valence-corrected chi connectivity index (χ3v) is 3.56. The van der Waals surface area contributed by atoms with Crippen molar-refractivity contribution in [3.63, 3.8) is 0 Å². The van der Waals surface area contributed by atoms with Gasteiger partial charge in [0.15, 0.2) is 11.6 Å².